The van der Waals surface area contributed by atoms with Crippen LogP contribution in [0.2, 0.25) is 0 Å². The topological polar surface area (TPSA) is 20.2 Å². The molecule has 1 atom stereocenters. The van der Waals surface area contributed by atoms with E-state index in [1.807, 2.05) is 0 Å². The fourth-order valence-corrected chi connectivity index (χ4v) is 3.92. The van der Waals surface area contributed by atoms with E-state index >= 15 is 0 Å². The SMILES string of the molecule is CCCCCCCCCCC(CCCC)CCCCCCCCCO. The maximum atomic E-state index is 8.79. The van der Waals surface area contributed by atoms with Gasteiger partial charge in [0.1, 0.15) is 0 Å². The highest BCUT2D eigenvalue weighted by Gasteiger charge is 2.08. The fraction of sp³-hybridized carbons (Fsp3) is 1.00. The molecular formula is C24H50O. The van der Waals surface area contributed by atoms with Crippen molar-refractivity contribution in [3.8, 4) is 0 Å². The van der Waals surface area contributed by atoms with Gasteiger partial charge in [0.15, 0.2) is 0 Å². The first-order chi connectivity index (χ1) is 12.3. The maximum absolute atomic E-state index is 8.79. The van der Waals surface area contributed by atoms with Gasteiger partial charge in [-0.15, -0.1) is 0 Å². The van der Waals surface area contributed by atoms with Gasteiger partial charge >= 0.3 is 0 Å². The highest BCUT2D eigenvalue weighted by Crippen LogP contribution is 2.24. The fourth-order valence-electron chi connectivity index (χ4n) is 3.92. The van der Waals surface area contributed by atoms with E-state index in [-0.39, 0.29) is 0 Å². The van der Waals surface area contributed by atoms with Gasteiger partial charge in [0.25, 0.3) is 0 Å². The summed E-state index contributed by atoms with van der Waals surface area (Å²) in [6.07, 6.45) is 28.0. The lowest BCUT2D eigenvalue weighted by atomic mass is 9.90. The molecule has 0 aliphatic heterocycles. The minimum atomic E-state index is 0.373. The highest BCUT2D eigenvalue weighted by molar-refractivity contribution is 4.61. The summed E-state index contributed by atoms with van der Waals surface area (Å²) in [5.74, 6) is 1.01. The second kappa shape index (κ2) is 22.0. The van der Waals surface area contributed by atoms with Crippen molar-refractivity contribution < 1.29 is 5.11 Å². The van der Waals surface area contributed by atoms with Gasteiger partial charge in [-0.2, -0.15) is 0 Å². The molecule has 0 fully saturated rings. The first kappa shape index (κ1) is 25.0. The van der Waals surface area contributed by atoms with Gasteiger partial charge in [0.05, 0.1) is 0 Å². The molecule has 0 radical (unpaired) electrons. The van der Waals surface area contributed by atoms with E-state index < -0.39 is 0 Å². The Morgan fingerprint density at radius 1 is 0.440 bits per heavy atom. The molecule has 0 aromatic heterocycles. The van der Waals surface area contributed by atoms with Crippen LogP contribution in [0.4, 0.5) is 0 Å². The summed E-state index contributed by atoms with van der Waals surface area (Å²) in [6, 6.07) is 0. The molecule has 0 spiro atoms. The summed E-state index contributed by atoms with van der Waals surface area (Å²) in [4.78, 5) is 0. The number of hydrogen-bond acceptors (Lipinski definition) is 1. The summed E-state index contributed by atoms with van der Waals surface area (Å²) >= 11 is 0. The third-order valence-corrected chi connectivity index (χ3v) is 5.70. The molecule has 0 aromatic carbocycles. The Hall–Kier alpha value is -0.0400. The molecule has 0 aliphatic rings. The van der Waals surface area contributed by atoms with Crippen LogP contribution in [0.3, 0.4) is 0 Å². The summed E-state index contributed by atoms with van der Waals surface area (Å²) in [6.45, 7) is 5.01. The largest absolute Gasteiger partial charge is 0.396 e. The Labute approximate surface area is 160 Å². The maximum Gasteiger partial charge on any atom is 0.0431 e. The van der Waals surface area contributed by atoms with Crippen molar-refractivity contribution in [2.24, 2.45) is 5.92 Å². The molecule has 25 heavy (non-hydrogen) atoms. The summed E-state index contributed by atoms with van der Waals surface area (Å²) in [7, 11) is 0. The van der Waals surface area contributed by atoms with Gasteiger partial charge in [0, 0.05) is 6.61 Å². The molecule has 0 amide bonds. The molecule has 0 rings (SSSR count). The van der Waals surface area contributed by atoms with Crippen molar-refractivity contribution in [1.29, 1.82) is 0 Å². The normalized spacial score (nSPS) is 12.6. The second-order valence-electron chi connectivity index (χ2n) is 8.26. The van der Waals surface area contributed by atoms with Crippen molar-refractivity contribution in [2.45, 2.75) is 142 Å². The van der Waals surface area contributed by atoms with E-state index in [1.165, 1.54) is 122 Å². The minimum absolute atomic E-state index is 0.373. The van der Waals surface area contributed by atoms with Crippen LogP contribution in [0.1, 0.15) is 142 Å². The molecule has 0 heterocycles. The smallest absolute Gasteiger partial charge is 0.0431 e. The lowest BCUT2D eigenvalue weighted by molar-refractivity contribution is 0.282. The molecule has 0 aromatic rings. The first-order valence-corrected chi connectivity index (χ1v) is 12.0. The quantitative estimate of drug-likeness (QED) is 0.205. The van der Waals surface area contributed by atoms with E-state index in [9.17, 15) is 0 Å². The third-order valence-electron chi connectivity index (χ3n) is 5.70. The molecule has 0 saturated carbocycles. The highest BCUT2D eigenvalue weighted by atomic mass is 16.2. The number of rotatable bonds is 21. The van der Waals surface area contributed by atoms with Crippen LogP contribution in [0, 0.1) is 5.92 Å². The van der Waals surface area contributed by atoms with Crippen molar-refractivity contribution in [3.63, 3.8) is 0 Å². The summed E-state index contributed by atoms with van der Waals surface area (Å²) in [5.41, 5.74) is 0. The van der Waals surface area contributed by atoms with Crippen LogP contribution in [0.5, 0.6) is 0 Å². The van der Waals surface area contributed by atoms with Crippen LogP contribution in [0.15, 0.2) is 0 Å². The Morgan fingerprint density at radius 3 is 1.24 bits per heavy atom. The van der Waals surface area contributed by atoms with Gasteiger partial charge in [-0.05, 0) is 12.3 Å². The predicted molar refractivity (Wildman–Crippen MR) is 114 cm³/mol. The summed E-state index contributed by atoms with van der Waals surface area (Å²) < 4.78 is 0. The minimum Gasteiger partial charge on any atom is -0.396 e. The number of hydrogen-bond donors (Lipinski definition) is 1. The Kier molecular flexibility index (Phi) is 22.0. The Bertz CT molecular complexity index is 206. The average molecular weight is 355 g/mol. The summed E-state index contributed by atoms with van der Waals surface area (Å²) in [5, 5.41) is 8.79. The van der Waals surface area contributed by atoms with Crippen molar-refractivity contribution in [2.75, 3.05) is 6.61 Å². The third kappa shape index (κ3) is 20.1. The molecule has 0 saturated heterocycles. The van der Waals surface area contributed by atoms with E-state index in [0.717, 1.165) is 12.3 Å². The molecule has 1 nitrogen and oxygen atoms in total. The van der Waals surface area contributed by atoms with Crippen molar-refractivity contribution >= 4 is 0 Å². The zero-order valence-electron chi connectivity index (χ0n) is 17.9. The predicted octanol–water partition coefficient (Wildman–Crippen LogP) is 8.44. The average Bonchev–Trinajstić information content (AvgIpc) is 2.63. The van der Waals surface area contributed by atoms with E-state index in [2.05, 4.69) is 13.8 Å². The molecule has 0 aliphatic carbocycles. The lowest BCUT2D eigenvalue weighted by Crippen LogP contribution is -2.01. The lowest BCUT2D eigenvalue weighted by Gasteiger charge is -2.16. The zero-order chi connectivity index (χ0) is 18.4. The number of aliphatic hydroxyl groups excluding tert-OH is 1. The molecule has 152 valence electrons. The van der Waals surface area contributed by atoms with Crippen LogP contribution < -0.4 is 0 Å². The van der Waals surface area contributed by atoms with Crippen LogP contribution in [-0.2, 0) is 0 Å². The van der Waals surface area contributed by atoms with Gasteiger partial charge in [0.2, 0.25) is 0 Å². The Balaban J connectivity index is 3.54. The van der Waals surface area contributed by atoms with E-state index in [1.54, 1.807) is 0 Å². The molecule has 1 unspecified atom stereocenters. The van der Waals surface area contributed by atoms with Crippen LogP contribution in [-0.4, -0.2) is 11.7 Å². The van der Waals surface area contributed by atoms with Gasteiger partial charge in [-0.1, -0.05) is 136 Å². The Morgan fingerprint density at radius 2 is 0.800 bits per heavy atom. The zero-order valence-corrected chi connectivity index (χ0v) is 17.9. The standard InChI is InChI=1S/C24H50O/c1-3-5-7-8-9-11-14-17-21-24(20-6-4-2)22-18-15-12-10-13-16-19-23-25/h24-25H,3-23H2,1-2H3. The molecule has 1 heteroatoms. The van der Waals surface area contributed by atoms with Crippen molar-refractivity contribution in [1.82, 2.24) is 0 Å². The molecular weight excluding hydrogens is 304 g/mol. The van der Waals surface area contributed by atoms with Gasteiger partial charge in [-0.25, -0.2) is 0 Å². The number of aliphatic hydroxyl groups is 1. The first-order valence-electron chi connectivity index (χ1n) is 12.0. The second-order valence-corrected chi connectivity index (χ2v) is 8.26. The van der Waals surface area contributed by atoms with Crippen LogP contribution >= 0.6 is 0 Å². The molecule has 1 N–H and O–H groups in total. The van der Waals surface area contributed by atoms with Gasteiger partial charge in [-0.3, -0.25) is 0 Å². The monoisotopic (exact) mass is 354 g/mol. The molecule has 0 bridgehead atoms. The van der Waals surface area contributed by atoms with E-state index in [4.69, 9.17) is 5.11 Å². The van der Waals surface area contributed by atoms with Crippen molar-refractivity contribution in [3.05, 3.63) is 0 Å². The van der Waals surface area contributed by atoms with Crippen LogP contribution in [0.25, 0.3) is 0 Å². The van der Waals surface area contributed by atoms with Gasteiger partial charge < -0.3 is 5.11 Å². The van der Waals surface area contributed by atoms with E-state index in [0.29, 0.717) is 6.61 Å². The number of unbranched alkanes of at least 4 members (excludes halogenated alkanes) is 14.